The number of nitrogens with zero attached hydrogens (tertiary/aromatic N) is 1. The van der Waals surface area contributed by atoms with E-state index in [1.807, 2.05) is 19.1 Å². The maximum absolute atomic E-state index is 5.72. The number of aryl methyl sites for hydroxylation is 1. The number of rotatable bonds is 9. The molecule has 0 aromatic carbocycles. The van der Waals surface area contributed by atoms with E-state index >= 15 is 0 Å². The van der Waals surface area contributed by atoms with Crippen molar-refractivity contribution in [2.24, 2.45) is 0 Å². The molecule has 0 saturated carbocycles. The lowest BCUT2D eigenvalue weighted by molar-refractivity contribution is 0.199. The highest BCUT2D eigenvalue weighted by Crippen LogP contribution is 2.17. The van der Waals surface area contributed by atoms with Gasteiger partial charge < -0.3 is 14.8 Å². The van der Waals surface area contributed by atoms with E-state index in [1.165, 1.54) is 0 Å². The van der Waals surface area contributed by atoms with E-state index in [0.29, 0.717) is 19.8 Å². The standard InChI is InChI=1S/C15H22N2O2/c1-4-5-6-10-19-15-8-7-13(2)17-14(15)12-16-9-11-18-3/h1,7-8,16H,5-6,9-12H2,2-3H3. The third-order valence-corrected chi connectivity index (χ3v) is 2.57. The van der Waals surface area contributed by atoms with Gasteiger partial charge >= 0.3 is 0 Å². The van der Waals surface area contributed by atoms with Gasteiger partial charge in [0.15, 0.2) is 0 Å². The molecule has 1 rings (SSSR count). The third-order valence-electron chi connectivity index (χ3n) is 2.57. The van der Waals surface area contributed by atoms with Gasteiger partial charge in [-0.05, 0) is 25.5 Å². The van der Waals surface area contributed by atoms with Crippen molar-refractivity contribution in [3.63, 3.8) is 0 Å². The minimum absolute atomic E-state index is 0.625. The van der Waals surface area contributed by atoms with Gasteiger partial charge in [-0.25, -0.2) is 0 Å². The Balaban J connectivity index is 2.51. The largest absolute Gasteiger partial charge is 0.492 e. The topological polar surface area (TPSA) is 43.4 Å². The minimum atomic E-state index is 0.625. The molecule has 0 radical (unpaired) electrons. The van der Waals surface area contributed by atoms with Crippen LogP contribution in [0.3, 0.4) is 0 Å². The van der Waals surface area contributed by atoms with Gasteiger partial charge in [0.2, 0.25) is 0 Å². The molecule has 1 heterocycles. The maximum Gasteiger partial charge on any atom is 0.142 e. The first kappa shape index (κ1) is 15.5. The second-order valence-corrected chi connectivity index (χ2v) is 4.22. The Kier molecular flexibility index (Phi) is 7.64. The number of aromatic nitrogens is 1. The number of hydrogen-bond acceptors (Lipinski definition) is 4. The lowest BCUT2D eigenvalue weighted by Crippen LogP contribution is -2.20. The fourth-order valence-electron chi connectivity index (χ4n) is 1.59. The Bertz CT molecular complexity index is 413. The van der Waals surface area contributed by atoms with E-state index in [2.05, 4.69) is 16.2 Å². The molecule has 0 bridgehead atoms. The zero-order chi connectivity index (χ0) is 13.9. The normalized spacial score (nSPS) is 10.2. The molecule has 1 N–H and O–H groups in total. The molecule has 0 atom stereocenters. The number of terminal acetylenes is 1. The molecule has 0 unspecified atom stereocenters. The quantitative estimate of drug-likeness (QED) is 0.545. The molecule has 0 fully saturated rings. The summed E-state index contributed by atoms with van der Waals surface area (Å²) >= 11 is 0. The van der Waals surface area contributed by atoms with E-state index in [0.717, 1.165) is 36.5 Å². The Hall–Kier alpha value is -1.57. The predicted octanol–water partition coefficient (Wildman–Crippen LogP) is 1.92. The summed E-state index contributed by atoms with van der Waals surface area (Å²) in [5.74, 6) is 3.43. The van der Waals surface area contributed by atoms with Crippen LogP contribution < -0.4 is 10.1 Å². The fraction of sp³-hybridized carbons (Fsp3) is 0.533. The van der Waals surface area contributed by atoms with E-state index in [-0.39, 0.29) is 0 Å². The fourth-order valence-corrected chi connectivity index (χ4v) is 1.59. The third kappa shape index (κ3) is 6.23. The molecule has 104 valence electrons. The molecule has 0 saturated heterocycles. The zero-order valence-electron chi connectivity index (χ0n) is 11.7. The molecule has 19 heavy (non-hydrogen) atoms. The van der Waals surface area contributed by atoms with Crippen LogP contribution >= 0.6 is 0 Å². The molecule has 0 spiro atoms. The molecule has 4 nitrogen and oxygen atoms in total. The zero-order valence-corrected chi connectivity index (χ0v) is 11.7. The number of methoxy groups -OCH3 is 1. The number of ether oxygens (including phenoxy) is 2. The summed E-state index contributed by atoms with van der Waals surface area (Å²) < 4.78 is 10.7. The first-order valence-electron chi connectivity index (χ1n) is 6.50. The van der Waals surface area contributed by atoms with Crippen LogP contribution in [0, 0.1) is 19.3 Å². The molecule has 1 aromatic heterocycles. The van der Waals surface area contributed by atoms with Crippen LogP contribution in [0.5, 0.6) is 5.75 Å². The van der Waals surface area contributed by atoms with Crippen molar-refractivity contribution in [1.29, 1.82) is 0 Å². The van der Waals surface area contributed by atoms with Gasteiger partial charge in [0.05, 0.1) is 18.9 Å². The Morgan fingerprint density at radius 3 is 2.95 bits per heavy atom. The average Bonchev–Trinajstić information content (AvgIpc) is 2.41. The number of pyridine rings is 1. The smallest absolute Gasteiger partial charge is 0.142 e. The van der Waals surface area contributed by atoms with Crippen LogP contribution in [0.2, 0.25) is 0 Å². The van der Waals surface area contributed by atoms with E-state index in [1.54, 1.807) is 7.11 Å². The van der Waals surface area contributed by atoms with Gasteiger partial charge in [-0.15, -0.1) is 12.3 Å². The summed E-state index contributed by atoms with van der Waals surface area (Å²) in [4.78, 5) is 4.50. The van der Waals surface area contributed by atoms with Crippen LogP contribution in [-0.4, -0.2) is 31.9 Å². The van der Waals surface area contributed by atoms with Crippen LogP contribution in [0.1, 0.15) is 24.2 Å². The highest BCUT2D eigenvalue weighted by Gasteiger charge is 2.05. The van der Waals surface area contributed by atoms with Crippen LogP contribution in [-0.2, 0) is 11.3 Å². The number of unbranched alkanes of at least 4 members (excludes halogenated alkanes) is 1. The molecule has 4 heteroatoms. The second-order valence-electron chi connectivity index (χ2n) is 4.22. The van der Waals surface area contributed by atoms with Crippen molar-refractivity contribution in [2.75, 3.05) is 26.9 Å². The summed E-state index contributed by atoms with van der Waals surface area (Å²) in [6.07, 6.45) is 6.81. The monoisotopic (exact) mass is 262 g/mol. The van der Waals surface area contributed by atoms with Gasteiger partial charge in [-0.2, -0.15) is 0 Å². The van der Waals surface area contributed by atoms with Gasteiger partial charge in [-0.3, -0.25) is 4.98 Å². The van der Waals surface area contributed by atoms with Crippen LogP contribution in [0.25, 0.3) is 0 Å². The second kappa shape index (κ2) is 9.37. The minimum Gasteiger partial charge on any atom is -0.492 e. The Labute approximate surface area is 115 Å². The highest BCUT2D eigenvalue weighted by molar-refractivity contribution is 5.29. The molecule has 0 aliphatic heterocycles. The number of nitrogens with one attached hydrogen (secondary N) is 1. The summed E-state index contributed by atoms with van der Waals surface area (Å²) in [5.41, 5.74) is 1.91. The molecular weight excluding hydrogens is 240 g/mol. The molecule has 0 aliphatic rings. The SMILES string of the molecule is C#CCCCOc1ccc(C)nc1CNCCOC. The summed E-state index contributed by atoms with van der Waals surface area (Å²) in [5, 5.41) is 3.27. The maximum atomic E-state index is 5.72. The Morgan fingerprint density at radius 2 is 2.21 bits per heavy atom. The summed E-state index contributed by atoms with van der Waals surface area (Å²) in [6, 6.07) is 3.92. The van der Waals surface area contributed by atoms with Crippen molar-refractivity contribution < 1.29 is 9.47 Å². The summed E-state index contributed by atoms with van der Waals surface area (Å²) in [6.45, 7) is 4.75. The van der Waals surface area contributed by atoms with Gasteiger partial charge in [-0.1, -0.05) is 0 Å². The average molecular weight is 262 g/mol. The lowest BCUT2D eigenvalue weighted by Gasteiger charge is -2.11. The Morgan fingerprint density at radius 1 is 1.37 bits per heavy atom. The molecule has 0 amide bonds. The first-order valence-corrected chi connectivity index (χ1v) is 6.50. The van der Waals surface area contributed by atoms with Crippen molar-refractivity contribution in [3.05, 3.63) is 23.5 Å². The van der Waals surface area contributed by atoms with Crippen molar-refractivity contribution in [2.45, 2.75) is 26.3 Å². The van der Waals surface area contributed by atoms with Crippen molar-refractivity contribution >= 4 is 0 Å². The van der Waals surface area contributed by atoms with Gasteiger partial charge in [0, 0.05) is 32.3 Å². The summed E-state index contributed by atoms with van der Waals surface area (Å²) in [7, 11) is 1.69. The van der Waals surface area contributed by atoms with E-state index in [4.69, 9.17) is 15.9 Å². The lowest BCUT2D eigenvalue weighted by atomic mass is 10.2. The van der Waals surface area contributed by atoms with E-state index < -0.39 is 0 Å². The molecule has 1 aromatic rings. The van der Waals surface area contributed by atoms with Gasteiger partial charge in [0.1, 0.15) is 5.75 Å². The van der Waals surface area contributed by atoms with E-state index in [9.17, 15) is 0 Å². The van der Waals surface area contributed by atoms with Gasteiger partial charge in [0.25, 0.3) is 0 Å². The first-order chi connectivity index (χ1) is 9.27. The van der Waals surface area contributed by atoms with Crippen molar-refractivity contribution in [3.8, 4) is 18.1 Å². The predicted molar refractivity (Wildman–Crippen MR) is 76.1 cm³/mol. The highest BCUT2D eigenvalue weighted by atomic mass is 16.5. The number of hydrogen-bond donors (Lipinski definition) is 1. The van der Waals surface area contributed by atoms with Crippen molar-refractivity contribution in [1.82, 2.24) is 10.3 Å². The molecule has 0 aliphatic carbocycles. The van der Waals surface area contributed by atoms with Crippen LogP contribution in [0.4, 0.5) is 0 Å². The molecular formula is C15H22N2O2. The van der Waals surface area contributed by atoms with Crippen LogP contribution in [0.15, 0.2) is 12.1 Å².